The van der Waals surface area contributed by atoms with Crippen molar-refractivity contribution in [3.63, 3.8) is 0 Å². The Kier molecular flexibility index (Phi) is 17.7. The molecule has 30 heavy (non-hydrogen) atoms. The molecule has 0 aromatic heterocycles. The minimum absolute atomic E-state index is 0.151. The zero-order valence-corrected chi connectivity index (χ0v) is 19.4. The van der Waals surface area contributed by atoms with Crippen LogP contribution in [0.5, 0.6) is 0 Å². The highest BCUT2D eigenvalue weighted by Gasteiger charge is 2.40. The molecule has 1 fully saturated rings. The molecule has 0 bridgehead atoms. The molecule has 1 saturated heterocycles. The number of aliphatic hydroxyl groups is 3. The molecule has 0 amide bonds. The monoisotopic (exact) mass is 428 g/mol. The van der Waals surface area contributed by atoms with Gasteiger partial charge in [-0.15, -0.1) is 0 Å². The normalized spacial score (nSPS) is 22.9. The summed E-state index contributed by atoms with van der Waals surface area (Å²) >= 11 is 0. The Morgan fingerprint density at radius 3 is 1.97 bits per heavy atom. The van der Waals surface area contributed by atoms with Crippen molar-refractivity contribution in [3.8, 4) is 0 Å². The molecule has 0 aliphatic carbocycles. The summed E-state index contributed by atoms with van der Waals surface area (Å²) < 4.78 is 11.0. The fourth-order valence-corrected chi connectivity index (χ4v) is 4.00. The first kappa shape index (κ1) is 27.6. The lowest BCUT2D eigenvalue weighted by atomic mass is 10.1. The van der Waals surface area contributed by atoms with Gasteiger partial charge in [0.1, 0.15) is 24.4 Å². The van der Waals surface area contributed by atoms with Gasteiger partial charge in [-0.05, 0) is 32.1 Å². The molecule has 0 aromatic rings. The zero-order valence-electron chi connectivity index (χ0n) is 19.4. The number of allylic oxidation sites excluding steroid dienone is 2. The van der Waals surface area contributed by atoms with Crippen molar-refractivity contribution in [1.82, 2.24) is 0 Å². The van der Waals surface area contributed by atoms with Gasteiger partial charge in [-0.25, -0.2) is 0 Å². The van der Waals surface area contributed by atoms with Gasteiger partial charge in [-0.3, -0.25) is 0 Å². The van der Waals surface area contributed by atoms with Crippen LogP contribution in [0.2, 0.25) is 0 Å². The van der Waals surface area contributed by atoms with E-state index in [4.69, 9.17) is 14.6 Å². The van der Waals surface area contributed by atoms with Crippen molar-refractivity contribution in [3.05, 3.63) is 12.2 Å². The average Bonchev–Trinajstić information content (AvgIpc) is 3.12. The van der Waals surface area contributed by atoms with E-state index in [-0.39, 0.29) is 13.2 Å². The van der Waals surface area contributed by atoms with Crippen LogP contribution < -0.4 is 0 Å². The lowest BCUT2D eigenvalue weighted by molar-refractivity contribution is -0.0938. The first-order chi connectivity index (χ1) is 14.7. The van der Waals surface area contributed by atoms with Gasteiger partial charge in [0.25, 0.3) is 0 Å². The summed E-state index contributed by atoms with van der Waals surface area (Å²) in [5.41, 5.74) is 0. The van der Waals surface area contributed by atoms with E-state index in [1.807, 2.05) is 0 Å². The maximum atomic E-state index is 9.90. The highest BCUT2D eigenvalue weighted by molar-refractivity contribution is 4.89. The van der Waals surface area contributed by atoms with Crippen LogP contribution in [0.3, 0.4) is 0 Å². The molecule has 3 N–H and O–H groups in total. The van der Waals surface area contributed by atoms with E-state index in [1.165, 1.54) is 77.0 Å². The van der Waals surface area contributed by atoms with Crippen LogP contribution in [-0.2, 0) is 9.47 Å². The van der Waals surface area contributed by atoms with Crippen molar-refractivity contribution in [1.29, 1.82) is 0 Å². The third-order valence-electron chi connectivity index (χ3n) is 5.95. The van der Waals surface area contributed by atoms with Crippen molar-refractivity contribution >= 4 is 0 Å². The molecule has 0 aromatic carbocycles. The molecule has 178 valence electrons. The molecule has 1 aliphatic rings. The van der Waals surface area contributed by atoms with Gasteiger partial charge in [0.15, 0.2) is 0 Å². The number of aliphatic hydroxyl groups excluding tert-OH is 3. The summed E-state index contributed by atoms with van der Waals surface area (Å²) in [5.74, 6) is 0. The average molecular weight is 429 g/mol. The Bertz CT molecular complexity index is 401. The Balaban J connectivity index is 1.86. The van der Waals surface area contributed by atoms with Crippen LogP contribution >= 0.6 is 0 Å². The molecule has 5 nitrogen and oxygen atoms in total. The maximum absolute atomic E-state index is 9.90. The van der Waals surface area contributed by atoms with Gasteiger partial charge in [-0.2, -0.15) is 0 Å². The minimum atomic E-state index is -1.01. The molecular weight excluding hydrogens is 380 g/mol. The number of rotatable bonds is 20. The van der Waals surface area contributed by atoms with Crippen LogP contribution in [-0.4, -0.2) is 59.6 Å². The summed E-state index contributed by atoms with van der Waals surface area (Å²) in [6.45, 7) is 2.59. The number of hydrogen-bond acceptors (Lipinski definition) is 5. The van der Waals surface area contributed by atoms with Crippen molar-refractivity contribution in [2.45, 2.75) is 128 Å². The maximum Gasteiger partial charge on any atom is 0.114 e. The summed E-state index contributed by atoms with van der Waals surface area (Å²) in [5, 5.41) is 28.7. The Morgan fingerprint density at radius 1 is 0.867 bits per heavy atom. The lowest BCUT2D eigenvalue weighted by Gasteiger charge is -2.23. The van der Waals surface area contributed by atoms with E-state index >= 15 is 0 Å². The van der Waals surface area contributed by atoms with Crippen LogP contribution in [0.1, 0.15) is 103 Å². The van der Waals surface area contributed by atoms with E-state index in [0.29, 0.717) is 6.61 Å². The fraction of sp³-hybridized carbons (Fsp3) is 0.920. The van der Waals surface area contributed by atoms with Gasteiger partial charge < -0.3 is 24.8 Å². The number of hydrogen-bond donors (Lipinski definition) is 3. The van der Waals surface area contributed by atoms with Crippen molar-refractivity contribution in [2.24, 2.45) is 0 Å². The predicted molar refractivity (Wildman–Crippen MR) is 123 cm³/mol. The zero-order chi connectivity index (χ0) is 21.9. The van der Waals surface area contributed by atoms with Gasteiger partial charge >= 0.3 is 0 Å². The van der Waals surface area contributed by atoms with Crippen LogP contribution in [0, 0.1) is 0 Å². The third-order valence-corrected chi connectivity index (χ3v) is 5.95. The van der Waals surface area contributed by atoms with Crippen LogP contribution in [0.25, 0.3) is 0 Å². The van der Waals surface area contributed by atoms with E-state index in [1.54, 1.807) is 0 Å². The quantitative estimate of drug-likeness (QED) is 0.190. The van der Waals surface area contributed by atoms with E-state index in [9.17, 15) is 10.2 Å². The molecule has 1 aliphatic heterocycles. The van der Waals surface area contributed by atoms with Crippen molar-refractivity contribution < 1.29 is 24.8 Å². The Labute approximate surface area is 184 Å². The fourth-order valence-electron chi connectivity index (χ4n) is 4.00. The number of unbranched alkanes of at least 4 members (excludes halogenated alkanes) is 13. The first-order valence-corrected chi connectivity index (χ1v) is 12.6. The molecule has 0 saturated carbocycles. The molecule has 0 spiro atoms. The second-order valence-corrected chi connectivity index (χ2v) is 8.74. The lowest BCUT2D eigenvalue weighted by Crippen LogP contribution is -2.42. The van der Waals surface area contributed by atoms with E-state index < -0.39 is 24.4 Å². The van der Waals surface area contributed by atoms with Gasteiger partial charge in [-0.1, -0.05) is 83.3 Å². The predicted octanol–water partition coefficient (Wildman–Crippen LogP) is 4.91. The summed E-state index contributed by atoms with van der Waals surface area (Å²) in [6, 6.07) is 0. The van der Waals surface area contributed by atoms with E-state index in [2.05, 4.69) is 19.1 Å². The molecule has 0 unspecified atom stereocenters. The molecule has 1 heterocycles. The Morgan fingerprint density at radius 2 is 1.40 bits per heavy atom. The highest BCUT2D eigenvalue weighted by atomic mass is 16.6. The van der Waals surface area contributed by atoms with Gasteiger partial charge in [0.05, 0.1) is 13.2 Å². The first-order valence-electron chi connectivity index (χ1n) is 12.6. The molecule has 5 heteroatoms. The summed E-state index contributed by atoms with van der Waals surface area (Å²) in [7, 11) is 0. The largest absolute Gasteiger partial charge is 0.394 e. The van der Waals surface area contributed by atoms with E-state index in [0.717, 1.165) is 19.3 Å². The van der Waals surface area contributed by atoms with Crippen LogP contribution in [0.15, 0.2) is 12.2 Å². The standard InChI is InChI=1S/C25H48O5/c1-2-3-4-5-6-7-8-9-10-11-12-13-14-15-16-17-18-19-29-25-23(28)21-30-24(25)22(27)20-26/h12-13,22-28H,2-11,14-21H2,1H3/b13-12+/t22-,23+,24+,25+/m1/s1. The Hall–Kier alpha value is -0.460. The molecular formula is C25H48O5. The second kappa shape index (κ2) is 19.2. The van der Waals surface area contributed by atoms with Crippen molar-refractivity contribution in [2.75, 3.05) is 19.8 Å². The molecule has 1 rings (SSSR count). The number of ether oxygens (including phenoxy) is 2. The summed E-state index contributed by atoms with van der Waals surface area (Å²) in [6.07, 6.45) is 21.0. The van der Waals surface area contributed by atoms with Crippen LogP contribution in [0.4, 0.5) is 0 Å². The van der Waals surface area contributed by atoms with Gasteiger partial charge in [0, 0.05) is 6.61 Å². The van der Waals surface area contributed by atoms with Gasteiger partial charge in [0.2, 0.25) is 0 Å². The highest BCUT2D eigenvalue weighted by Crippen LogP contribution is 2.21. The molecule has 0 radical (unpaired) electrons. The smallest absolute Gasteiger partial charge is 0.114 e. The minimum Gasteiger partial charge on any atom is -0.394 e. The third kappa shape index (κ3) is 13.1. The second-order valence-electron chi connectivity index (χ2n) is 8.74. The molecule has 4 atom stereocenters. The summed E-state index contributed by atoms with van der Waals surface area (Å²) in [4.78, 5) is 0. The topological polar surface area (TPSA) is 79.2 Å². The SMILES string of the molecule is CCCCCCCCCCC/C=C/CCCCCCO[C@@H]1[C@H]([C@H](O)CO)OC[C@@H]1O.